The number of hydrogen-bond donors (Lipinski definition) is 2. The van der Waals surface area contributed by atoms with Crippen LogP contribution in [0.2, 0.25) is 0 Å². The maximum Gasteiger partial charge on any atom is 0.323 e. The van der Waals surface area contributed by atoms with Crippen LogP contribution in [-0.4, -0.2) is 23.2 Å². The highest BCUT2D eigenvalue weighted by Gasteiger charge is 2.37. The lowest BCUT2D eigenvalue weighted by atomic mass is 9.90. The molecule has 0 unspecified atom stereocenters. The summed E-state index contributed by atoms with van der Waals surface area (Å²) in [6, 6.07) is 0. The van der Waals surface area contributed by atoms with Crippen molar-refractivity contribution >= 4 is 5.97 Å². The standard InChI is InChI=1S/C12H23NO2/c1-2-3-10-13-12(11(14)15)8-6-4-5-7-9-12/h13H,2-10H2,1H3,(H,14,15). The fraction of sp³-hybridized carbons (Fsp3) is 0.917. The van der Waals surface area contributed by atoms with Gasteiger partial charge >= 0.3 is 5.97 Å². The van der Waals surface area contributed by atoms with Crippen LogP contribution in [0.3, 0.4) is 0 Å². The molecule has 88 valence electrons. The second-order valence-corrected chi connectivity index (χ2v) is 4.58. The van der Waals surface area contributed by atoms with Crippen molar-refractivity contribution in [3.63, 3.8) is 0 Å². The summed E-state index contributed by atoms with van der Waals surface area (Å²) >= 11 is 0. The van der Waals surface area contributed by atoms with Crippen molar-refractivity contribution in [3.8, 4) is 0 Å². The molecule has 1 saturated carbocycles. The van der Waals surface area contributed by atoms with Gasteiger partial charge in [0.25, 0.3) is 0 Å². The predicted octanol–water partition coefficient (Wildman–Crippen LogP) is 2.55. The fourth-order valence-corrected chi connectivity index (χ4v) is 2.30. The Bertz CT molecular complexity index is 196. The lowest BCUT2D eigenvalue weighted by Gasteiger charge is -2.29. The third kappa shape index (κ3) is 3.49. The smallest absolute Gasteiger partial charge is 0.323 e. The number of carbonyl (C=O) groups is 1. The number of rotatable bonds is 5. The maximum absolute atomic E-state index is 11.4. The molecule has 0 radical (unpaired) electrons. The monoisotopic (exact) mass is 213 g/mol. The van der Waals surface area contributed by atoms with Crippen molar-refractivity contribution in [3.05, 3.63) is 0 Å². The van der Waals surface area contributed by atoms with Crippen LogP contribution in [0.1, 0.15) is 58.3 Å². The van der Waals surface area contributed by atoms with Gasteiger partial charge in [0, 0.05) is 0 Å². The van der Waals surface area contributed by atoms with Crippen molar-refractivity contribution < 1.29 is 9.90 Å². The Hall–Kier alpha value is -0.570. The van der Waals surface area contributed by atoms with E-state index in [0.29, 0.717) is 0 Å². The molecule has 3 heteroatoms. The Morgan fingerprint density at radius 2 is 1.87 bits per heavy atom. The molecule has 0 amide bonds. The van der Waals surface area contributed by atoms with Gasteiger partial charge < -0.3 is 10.4 Å². The highest BCUT2D eigenvalue weighted by molar-refractivity contribution is 5.78. The minimum Gasteiger partial charge on any atom is -0.480 e. The molecule has 2 N–H and O–H groups in total. The van der Waals surface area contributed by atoms with E-state index in [9.17, 15) is 9.90 Å². The Kier molecular flexibility index (Phi) is 5.09. The van der Waals surface area contributed by atoms with E-state index in [2.05, 4.69) is 12.2 Å². The van der Waals surface area contributed by atoms with Crippen LogP contribution >= 0.6 is 0 Å². The number of carboxylic acid groups (broad SMARTS) is 1. The summed E-state index contributed by atoms with van der Waals surface area (Å²) in [5.41, 5.74) is -0.619. The van der Waals surface area contributed by atoms with E-state index in [-0.39, 0.29) is 0 Å². The van der Waals surface area contributed by atoms with Crippen LogP contribution in [0.25, 0.3) is 0 Å². The molecular formula is C12H23NO2. The summed E-state index contributed by atoms with van der Waals surface area (Å²) in [6.07, 6.45) is 8.24. The number of aliphatic carboxylic acids is 1. The fourth-order valence-electron chi connectivity index (χ4n) is 2.30. The largest absolute Gasteiger partial charge is 0.480 e. The normalized spacial score (nSPS) is 20.9. The molecule has 1 aliphatic carbocycles. The second kappa shape index (κ2) is 6.11. The molecule has 0 aliphatic heterocycles. The zero-order valence-electron chi connectivity index (χ0n) is 9.72. The van der Waals surface area contributed by atoms with E-state index in [1.165, 1.54) is 12.8 Å². The van der Waals surface area contributed by atoms with E-state index in [1.807, 2.05) is 0 Å². The number of unbranched alkanes of at least 4 members (excludes halogenated alkanes) is 1. The minimum atomic E-state index is -0.652. The van der Waals surface area contributed by atoms with Crippen LogP contribution in [0.5, 0.6) is 0 Å². The highest BCUT2D eigenvalue weighted by atomic mass is 16.4. The third-order valence-corrected chi connectivity index (χ3v) is 3.36. The van der Waals surface area contributed by atoms with Crippen molar-refractivity contribution in [2.45, 2.75) is 63.8 Å². The molecule has 0 aromatic heterocycles. The average Bonchev–Trinajstić information content (AvgIpc) is 2.45. The zero-order valence-corrected chi connectivity index (χ0v) is 9.72. The molecule has 0 atom stereocenters. The number of carboxylic acids is 1. The van der Waals surface area contributed by atoms with E-state index in [4.69, 9.17) is 0 Å². The van der Waals surface area contributed by atoms with Crippen molar-refractivity contribution in [1.29, 1.82) is 0 Å². The first kappa shape index (κ1) is 12.5. The summed E-state index contributed by atoms with van der Waals surface area (Å²) in [7, 11) is 0. The summed E-state index contributed by atoms with van der Waals surface area (Å²) in [4.78, 5) is 11.4. The lowest BCUT2D eigenvalue weighted by Crippen LogP contribution is -2.52. The van der Waals surface area contributed by atoms with Crippen molar-refractivity contribution in [2.24, 2.45) is 0 Å². The Morgan fingerprint density at radius 3 is 2.33 bits per heavy atom. The van der Waals surface area contributed by atoms with E-state index in [0.717, 1.165) is 45.1 Å². The Labute approximate surface area is 92.3 Å². The third-order valence-electron chi connectivity index (χ3n) is 3.36. The van der Waals surface area contributed by atoms with Gasteiger partial charge in [0.05, 0.1) is 0 Å². The van der Waals surface area contributed by atoms with E-state index < -0.39 is 11.5 Å². The van der Waals surface area contributed by atoms with Crippen molar-refractivity contribution in [1.82, 2.24) is 5.32 Å². The van der Waals surface area contributed by atoms with Gasteiger partial charge in [-0.1, -0.05) is 39.0 Å². The molecule has 15 heavy (non-hydrogen) atoms. The molecular weight excluding hydrogens is 190 g/mol. The average molecular weight is 213 g/mol. The molecule has 0 saturated heterocycles. The van der Waals surface area contributed by atoms with Crippen LogP contribution in [0.15, 0.2) is 0 Å². The lowest BCUT2D eigenvalue weighted by molar-refractivity contribution is -0.145. The molecule has 0 bridgehead atoms. The van der Waals surface area contributed by atoms with Gasteiger partial charge in [0.15, 0.2) is 0 Å². The second-order valence-electron chi connectivity index (χ2n) is 4.58. The molecule has 1 rings (SSSR count). The van der Waals surface area contributed by atoms with Crippen LogP contribution in [0, 0.1) is 0 Å². The van der Waals surface area contributed by atoms with Gasteiger partial charge in [0.2, 0.25) is 0 Å². The van der Waals surface area contributed by atoms with Crippen LogP contribution in [-0.2, 0) is 4.79 Å². The SMILES string of the molecule is CCCCNC1(C(=O)O)CCCCCC1. The van der Waals surface area contributed by atoms with Crippen molar-refractivity contribution in [2.75, 3.05) is 6.54 Å². The van der Waals surface area contributed by atoms with Gasteiger partial charge in [-0.2, -0.15) is 0 Å². The molecule has 0 heterocycles. The predicted molar refractivity (Wildman–Crippen MR) is 61.0 cm³/mol. The number of hydrogen-bond acceptors (Lipinski definition) is 2. The van der Waals surface area contributed by atoms with E-state index >= 15 is 0 Å². The summed E-state index contributed by atoms with van der Waals surface area (Å²) in [6.45, 7) is 2.96. The Morgan fingerprint density at radius 1 is 1.27 bits per heavy atom. The van der Waals surface area contributed by atoms with Gasteiger partial charge in [0.1, 0.15) is 5.54 Å². The first-order valence-corrected chi connectivity index (χ1v) is 6.20. The topological polar surface area (TPSA) is 49.3 Å². The summed E-state index contributed by atoms with van der Waals surface area (Å²) in [5, 5.41) is 12.6. The first-order chi connectivity index (χ1) is 7.21. The Balaban J connectivity index is 2.55. The van der Waals surface area contributed by atoms with Gasteiger partial charge in [-0.25, -0.2) is 0 Å². The summed E-state index contributed by atoms with van der Waals surface area (Å²) in [5.74, 6) is -0.652. The van der Waals surface area contributed by atoms with Gasteiger partial charge in [-0.3, -0.25) is 4.79 Å². The molecule has 1 aliphatic rings. The van der Waals surface area contributed by atoms with E-state index in [1.54, 1.807) is 0 Å². The minimum absolute atomic E-state index is 0.619. The molecule has 3 nitrogen and oxygen atoms in total. The maximum atomic E-state index is 11.4. The highest BCUT2D eigenvalue weighted by Crippen LogP contribution is 2.27. The number of nitrogens with one attached hydrogen (secondary N) is 1. The molecule has 0 aromatic rings. The quantitative estimate of drug-likeness (QED) is 0.545. The zero-order chi connectivity index (χ0) is 11.1. The van der Waals surface area contributed by atoms with Gasteiger partial charge in [-0.15, -0.1) is 0 Å². The molecule has 1 fully saturated rings. The molecule has 0 aromatic carbocycles. The van der Waals surface area contributed by atoms with Crippen LogP contribution in [0.4, 0.5) is 0 Å². The first-order valence-electron chi connectivity index (χ1n) is 6.20. The summed E-state index contributed by atoms with van der Waals surface area (Å²) < 4.78 is 0. The van der Waals surface area contributed by atoms with Gasteiger partial charge in [-0.05, 0) is 25.8 Å². The van der Waals surface area contributed by atoms with Crippen LogP contribution < -0.4 is 5.32 Å². The molecule has 0 spiro atoms.